The van der Waals surface area contributed by atoms with Crippen molar-refractivity contribution in [2.75, 3.05) is 32.1 Å². The number of hydrogen-bond acceptors (Lipinski definition) is 7. The zero-order valence-corrected chi connectivity index (χ0v) is 13.6. The normalized spacial score (nSPS) is 15.3. The zero-order chi connectivity index (χ0) is 16.8. The molecule has 1 aliphatic heterocycles. The molecule has 1 fully saturated rings. The molecule has 126 valence electrons. The number of carbonyl (C=O) groups is 1. The first-order valence-electron chi connectivity index (χ1n) is 7.90. The summed E-state index contributed by atoms with van der Waals surface area (Å²) in [5, 5.41) is 3.00. The number of piperidine rings is 1. The minimum atomic E-state index is 0.0437. The van der Waals surface area contributed by atoms with Crippen LogP contribution in [-0.4, -0.2) is 57.5 Å². The lowest BCUT2D eigenvalue weighted by molar-refractivity contribution is -0.136. The maximum Gasteiger partial charge on any atom is 0.248 e. The summed E-state index contributed by atoms with van der Waals surface area (Å²) < 4.78 is 4.91. The third kappa shape index (κ3) is 4.02. The van der Waals surface area contributed by atoms with E-state index in [1.807, 2.05) is 11.0 Å². The van der Waals surface area contributed by atoms with E-state index in [1.165, 1.54) is 7.11 Å². The van der Waals surface area contributed by atoms with Gasteiger partial charge in [0.1, 0.15) is 6.61 Å². The van der Waals surface area contributed by atoms with Crippen LogP contribution in [0, 0.1) is 0 Å². The molecule has 1 aliphatic rings. The fourth-order valence-electron chi connectivity index (χ4n) is 2.76. The predicted octanol–water partition coefficient (Wildman–Crippen LogP) is 1.36. The minimum absolute atomic E-state index is 0.0437. The first kappa shape index (κ1) is 16.3. The summed E-state index contributed by atoms with van der Waals surface area (Å²) in [4.78, 5) is 30.7. The summed E-state index contributed by atoms with van der Waals surface area (Å²) >= 11 is 0. The fraction of sp³-hybridized carbons (Fsp3) is 0.438. The van der Waals surface area contributed by atoms with Crippen molar-refractivity contribution in [1.29, 1.82) is 0 Å². The van der Waals surface area contributed by atoms with Crippen molar-refractivity contribution < 1.29 is 9.53 Å². The number of likely N-dealkylation sites (tertiary alicyclic amines) is 1. The third-order valence-corrected chi connectivity index (χ3v) is 4.00. The number of nitrogens with zero attached hydrogens (tertiary/aromatic N) is 5. The highest BCUT2D eigenvalue weighted by molar-refractivity contribution is 5.77. The molecule has 0 spiro atoms. The van der Waals surface area contributed by atoms with Gasteiger partial charge in [0.25, 0.3) is 0 Å². The Kier molecular flexibility index (Phi) is 5.27. The van der Waals surface area contributed by atoms with Crippen LogP contribution in [-0.2, 0) is 9.53 Å². The highest BCUT2D eigenvalue weighted by Crippen LogP contribution is 2.27. The van der Waals surface area contributed by atoms with Crippen LogP contribution in [0.4, 0.5) is 11.9 Å². The Labute approximate surface area is 140 Å². The second-order valence-electron chi connectivity index (χ2n) is 5.59. The van der Waals surface area contributed by atoms with Crippen LogP contribution in [0.2, 0.25) is 0 Å². The van der Waals surface area contributed by atoms with Gasteiger partial charge < -0.3 is 9.64 Å². The van der Waals surface area contributed by atoms with Crippen LogP contribution in [0.25, 0.3) is 0 Å². The van der Waals surface area contributed by atoms with E-state index in [9.17, 15) is 4.79 Å². The first-order valence-corrected chi connectivity index (χ1v) is 7.90. The molecule has 0 unspecified atom stereocenters. The van der Waals surface area contributed by atoms with Crippen molar-refractivity contribution in [1.82, 2.24) is 24.8 Å². The Balaban J connectivity index is 1.62. The highest BCUT2D eigenvalue weighted by atomic mass is 16.5. The number of rotatable bonds is 5. The molecular weight excluding hydrogens is 308 g/mol. The smallest absolute Gasteiger partial charge is 0.248 e. The van der Waals surface area contributed by atoms with Crippen molar-refractivity contribution in [2.24, 2.45) is 0 Å². The quantitative estimate of drug-likeness (QED) is 0.885. The standard InChI is InChI=1S/C16H20N6O2/c1-24-11-14(23)22-9-4-12(5-10-22)13-3-8-19-16(20-13)21-15-17-6-2-7-18-15/h2-3,6-8,12H,4-5,9-11H2,1H3,(H,17,18,19,20,21). The molecule has 8 heteroatoms. The summed E-state index contributed by atoms with van der Waals surface area (Å²) in [5.41, 5.74) is 0.974. The van der Waals surface area contributed by atoms with Crippen LogP contribution in [0.5, 0.6) is 0 Å². The van der Waals surface area contributed by atoms with Gasteiger partial charge in [-0.3, -0.25) is 10.1 Å². The maximum absolute atomic E-state index is 11.9. The second-order valence-corrected chi connectivity index (χ2v) is 5.59. The second kappa shape index (κ2) is 7.78. The zero-order valence-electron chi connectivity index (χ0n) is 13.6. The average molecular weight is 328 g/mol. The number of hydrogen-bond donors (Lipinski definition) is 1. The minimum Gasteiger partial charge on any atom is -0.375 e. The molecule has 0 aromatic carbocycles. The molecule has 2 aromatic rings. The number of anilines is 2. The van der Waals surface area contributed by atoms with Gasteiger partial charge in [0.05, 0.1) is 0 Å². The summed E-state index contributed by atoms with van der Waals surface area (Å²) in [5.74, 6) is 1.31. The lowest BCUT2D eigenvalue weighted by Gasteiger charge is -2.31. The maximum atomic E-state index is 11.9. The lowest BCUT2D eigenvalue weighted by atomic mass is 9.93. The number of aromatic nitrogens is 4. The molecule has 0 bridgehead atoms. The molecule has 0 radical (unpaired) electrons. The van der Waals surface area contributed by atoms with E-state index >= 15 is 0 Å². The molecule has 0 saturated carbocycles. The molecule has 1 saturated heterocycles. The molecule has 0 atom stereocenters. The van der Waals surface area contributed by atoms with E-state index in [0.717, 1.165) is 31.6 Å². The number of methoxy groups -OCH3 is 1. The van der Waals surface area contributed by atoms with Crippen molar-refractivity contribution in [3.63, 3.8) is 0 Å². The molecule has 3 rings (SSSR count). The SMILES string of the molecule is COCC(=O)N1CCC(c2ccnc(Nc3ncccn3)n2)CC1. The van der Waals surface area contributed by atoms with Crippen LogP contribution >= 0.6 is 0 Å². The molecular formula is C16H20N6O2. The summed E-state index contributed by atoms with van der Waals surface area (Å²) in [6.07, 6.45) is 6.81. The Morgan fingerprint density at radius 1 is 1.21 bits per heavy atom. The van der Waals surface area contributed by atoms with Gasteiger partial charge in [-0.1, -0.05) is 0 Å². The van der Waals surface area contributed by atoms with Gasteiger partial charge in [-0.2, -0.15) is 0 Å². The van der Waals surface area contributed by atoms with Crippen molar-refractivity contribution in [3.8, 4) is 0 Å². The Morgan fingerprint density at radius 3 is 2.62 bits per heavy atom. The average Bonchev–Trinajstić information content (AvgIpc) is 2.63. The topological polar surface area (TPSA) is 93.1 Å². The summed E-state index contributed by atoms with van der Waals surface area (Å²) in [7, 11) is 1.54. The largest absolute Gasteiger partial charge is 0.375 e. The number of carbonyl (C=O) groups excluding carboxylic acids is 1. The Bertz CT molecular complexity index is 673. The number of nitrogens with one attached hydrogen (secondary N) is 1. The van der Waals surface area contributed by atoms with Gasteiger partial charge in [0.2, 0.25) is 17.8 Å². The van der Waals surface area contributed by atoms with Gasteiger partial charge in [0, 0.05) is 50.4 Å². The molecule has 8 nitrogen and oxygen atoms in total. The van der Waals surface area contributed by atoms with Crippen LogP contribution in [0.3, 0.4) is 0 Å². The van der Waals surface area contributed by atoms with Gasteiger partial charge in [-0.15, -0.1) is 0 Å². The van der Waals surface area contributed by atoms with Crippen LogP contribution in [0.15, 0.2) is 30.7 Å². The van der Waals surface area contributed by atoms with Gasteiger partial charge in [-0.05, 0) is 25.0 Å². The van der Waals surface area contributed by atoms with E-state index in [2.05, 4.69) is 25.3 Å². The van der Waals surface area contributed by atoms with Gasteiger partial charge in [0.15, 0.2) is 0 Å². The molecule has 3 heterocycles. The molecule has 0 aliphatic carbocycles. The van der Waals surface area contributed by atoms with E-state index in [0.29, 0.717) is 17.8 Å². The Hall–Kier alpha value is -2.61. The number of ether oxygens (including phenoxy) is 1. The third-order valence-electron chi connectivity index (χ3n) is 4.00. The molecule has 1 amide bonds. The fourth-order valence-corrected chi connectivity index (χ4v) is 2.76. The molecule has 2 aromatic heterocycles. The summed E-state index contributed by atoms with van der Waals surface area (Å²) in [6, 6.07) is 3.68. The van der Waals surface area contributed by atoms with E-state index in [4.69, 9.17) is 4.74 Å². The highest BCUT2D eigenvalue weighted by Gasteiger charge is 2.24. The van der Waals surface area contributed by atoms with E-state index < -0.39 is 0 Å². The Morgan fingerprint density at radius 2 is 1.92 bits per heavy atom. The summed E-state index contributed by atoms with van der Waals surface area (Å²) in [6.45, 7) is 1.59. The molecule has 1 N–H and O–H groups in total. The predicted molar refractivity (Wildman–Crippen MR) is 87.8 cm³/mol. The first-order chi connectivity index (χ1) is 11.8. The van der Waals surface area contributed by atoms with Gasteiger partial charge in [-0.25, -0.2) is 19.9 Å². The van der Waals surface area contributed by atoms with E-state index in [1.54, 1.807) is 24.7 Å². The van der Waals surface area contributed by atoms with Gasteiger partial charge >= 0.3 is 0 Å². The van der Waals surface area contributed by atoms with Crippen molar-refractivity contribution in [2.45, 2.75) is 18.8 Å². The monoisotopic (exact) mass is 328 g/mol. The van der Waals surface area contributed by atoms with Crippen LogP contribution < -0.4 is 5.32 Å². The lowest BCUT2D eigenvalue weighted by Crippen LogP contribution is -2.39. The molecule has 24 heavy (non-hydrogen) atoms. The van der Waals surface area contributed by atoms with Crippen molar-refractivity contribution in [3.05, 3.63) is 36.4 Å². The van der Waals surface area contributed by atoms with Crippen LogP contribution in [0.1, 0.15) is 24.5 Å². The van der Waals surface area contributed by atoms with Crippen molar-refractivity contribution >= 4 is 17.8 Å². The van der Waals surface area contributed by atoms with E-state index in [-0.39, 0.29) is 12.5 Å². The number of amides is 1.